The van der Waals surface area contributed by atoms with Gasteiger partial charge in [0.05, 0.1) is 6.54 Å². The molecule has 0 saturated carbocycles. The van der Waals surface area contributed by atoms with Gasteiger partial charge in [-0.3, -0.25) is 9.79 Å². The van der Waals surface area contributed by atoms with Gasteiger partial charge in [0.25, 0.3) is 0 Å². The molecule has 5 heteroatoms. The van der Waals surface area contributed by atoms with Gasteiger partial charge in [0.2, 0.25) is 5.91 Å². The van der Waals surface area contributed by atoms with E-state index in [4.69, 9.17) is 4.99 Å². The molecule has 152 valence electrons. The first kappa shape index (κ1) is 19.5. The number of guanidine groups is 1. The summed E-state index contributed by atoms with van der Waals surface area (Å²) >= 11 is 0. The van der Waals surface area contributed by atoms with E-state index in [-0.39, 0.29) is 11.8 Å². The topological polar surface area (TPSA) is 65.5 Å². The minimum Gasteiger partial charge on any atom is -0.357 e. The third-order valence-corrected chi connectivity index (χ3v) is 5.93. The van der Waals surface area contributed by atoms with Crippen molar-refractivity contribution in [2.75, 3.05) is 25.0 Å². The first-order chi connectivity index (χ1) is 14.2. The number of anilines is 1. The van der Waals surface area contributed by atoms with Crippen LogP contribution in [0.2, 0.25) is 0 Å². The van der Waals surface area contributed by atoms with E-state index in [1.807, 2.05) is 18.2 Å². The third kappa shape index (κ3) is 4.61. The Balaban J connectivity index is 1.43. The van der Waals surface area contributed by atoms with Crippen molar-refractivity contribution in [3.8, 4) is 0 Å². The van der Waals surface area contributed by atoms with Crippen LogP contribution in [0.3, 0.4) is 0 Å². The zero-order valence-corrected chi connectivity index (χ0v) is 17.1. The number of nitrogens with one attached hydrogen (secondary N) is 3. The van der Waals surface area contributed by atoms with Gasteiger partial charge in [-0.15, -0.1) is 0 Å². The molecule has 2 aromatic rings. The van der Waals surface area contributed by atoms with E-state index in [0.717, 1.165) is 24.7 Å². The van der Waals surface area contributed by atoms with E-state index in [1.54, 1.807) is 0 Å². The van der Waals surface area contributed by atoms with Crippen LogP contribution < -0.4 is 16.0 Å². The summed E-state index contributed by atoms with van der Waals surface area (Å²) in [7, 11) is 0. The number of nitrogens with zero attached hydrogens (tertiary/aromatic N) is 1. The Kier molecular flexibility index (Phi) is 6.13. The lowest BCUT2D eigenvalue weighted by Gasteiger charge is -2.27. The number of rotatable bonds is 5. The van der Waals surface area contributed by atoms with Crippen molar-refractivity contribution >= 4 is 17.6 Å². The lowest BCUT2D eigenvalue weighted by molar-refractivity contribution is -0.116. The molecule has 0 bridgehead atoms. The SMILES string of the molecule is CCNC(=NCC1CC(=O)Nc2ccccc21)NCC1CCCc2ccccc21. The molecule has 5 nitrogen and oxygen atoms in total. The first-order valence-corrected chi connectivity index (χ1v) is 10.7. The van der Waals surface area contributed by atoms with Crippen LogP contribution in [0.1, 0.15) is 54.7 Å². The van der Waals surface area contributed by atoms with Crippen molar-refractivity contribution in [2.24, 2.45) is 4.99 Å². The molecule has 0 saturated heterocycles. The molecule has 2 unspecified atom stereocenters. The van der Waals surface area contributed by atoms with Crippen LogP contribution in [0.15, 0.2) is 53.5 Å². The zero-order valence-electron chi connectivity index (χ0n) is 17.1. The smallest absolute Gasteiger partial charge is 0.225 e. The van der Waals surface area contributed by atoms with Crippen LogP contribution in [-0.2, 0) is 11.2 Å². The van der Waals surface area contributed by atoms with Gasteiger partial charge in [0.1, 0.15) is 0 Å². The molecule has 29 heavy (non-hydrogen) atoms. The quantitative estimate of drug-likeness (QED) is 0.538. The predicted molar refractivity (Wildman–Crippen MR) is 119 cm³/mol. The van der Waals surface area contributed by atoms with E-state index < -0.39 is 0 Å². The highest BCUT2D eigenvalue weighted by Crippen LogP contribution is 2.32. The van der Waals surface area contributed by atoms with Gasteiger partial charge in [-0.1, -0.05) is 42.5 Å². The highest BCUT2D eigenvalue weighted by molar-refractivity contribution is 5.94. The molecule has 1 heterocycles. The summed E-state index contributed by atoms with van der Waals surface area (Å²) in [5.74, 6) is 1.54. The summed E-state index contributed by atoms with van der Waals surface area (Å²) in [5, 5.41) is 9.87. The number of benzene rings is 2. The minimum atomic E-state index is 0.0701. The van der Waals surface area contributed by atoms with Gasteiger partial charge < -0.3 is 16.0 Å². The molecule has 0 fully saturated rings. The van der Waals surface area contributed by atoms with Gasteiger partial charge in [-0.25, -0.2) is 0 Å². The highest BCUT2D eigenvalue weighted by atomic mass is 16.1. The minimum absolute atomic E-state index is 0.0701. The summed E-state index contributed by atoms with van der Waals surface area (Å²) in [4.78, 5) is 16.9. The molecule has 3 N–H and O–H groups in total. The van der Waals surface area contributed by atoms with E-state index in [1.165, 1.54) is 36.0 Å². The van der Waals surface area contributed by atoms with Crippen molar-refractivity contribution in [2.45, 2.75) is 44.4 Å². The van der Waals surface area contributed by atoms with Crippen molar-refractivity contribution in [3.63, 3.8) is 0 Å². The molecule has 1 amide bonds. The lowest BCUT2D eigenvalue weighted by Crippen LogP contribution is -2.40. The van der Waals surface area contributed by atoms with Gasteiger partial charge in [-0.05, 0) is 48.9 Å². The molecule has 0 spiro atoms. The fourth-order valence-corrected chi connectivity index (χ4v) is 4.49. The van der Waals surface area contributed by atoms with Crippen molar-refractivity contribution in [1.82, 2.24) is 10.6 Å². The van der Waals surface area contributed by atoms with Crippen LogP contribution in [-0.4, -0.2) is 31.5 Å². The Labute approximate surface area is 173 Å². The lowest BCUT2D eigenvalue weighted by atomic mass is 9.83. The van der Waals surface area contributed by atoms with E-state index in [0.29, 0.717) is 18.9 Å². The average Bonchev–Trinajstić information content (AvgIpc) is 2.75. The number of carbonyl (C=O) groups is 1. The van der Waals surface area contributed by atoms with Gasteiger partial charge in [0, 0.05) is 37.0 Å². The third-order valence-electron chi connectivity index (χ3n) is 5.93. The molecule has 0 radical (unpaired) electrons. The largest absolute Gasteiger partial charge is 0.357 e. The number of aryl methyl sites for hydroxylation is 1. The normalized spacial score (nSPS) is 21.0. The van der Waals surface area contributed by atoms with Crippen molar-refractivity contribution < 1.29 is 4.79 Å². The molecule has 0 aromatic heterocycles. The maximum Gasteiger partial charge on any atom is 0.225 e. The van der Waals surface area contributed by atoms with Crippen molar-refractivity contribution in [3.05, 3.63) is 65.2 Å². The Morgan fingerprint density at radius 1 is 1.07 bits per heavy atom. The molecule has 1 aliphatic carbocycles. The van der Waals surface area contributed by atoms with Crippen LogP contribution >= 0.6 is 0 Å². The summed E-state index contributed by atoms with van der Waals surface area (Å²) in [5.41, 5.74) is 5.05. The number of hydrogen-bond acceptors (Lipinski definition) is 2. The molecular weight excluding hydrogens is 360 g/mol. The Morgan fingerprint density at radius 3 is 2.72 bits per heavy atom. The molecule has 4 rings (SSSR count). The Bertz CT molecular complexity index is 892. The zero-order chi connectivity index (χ0) is 20.1. The Hall–Kier alpha value is -2.82. The number of aliphatic imine (C=N–C) groups is 1. The predicted octanol–water partition coefficient (Wildman–Crippen LogP) is 3.79. The summed E-state index contributed by atoms with van der Waals surface area (Å²) in [6.45, 7) is 4.37. The highest BCUT2D eigenvalue weighted by Gasteiger charge is 2.25. The number of amides is 1. The second kappa shape index (κ2) is 9.12. The number of fused-ring (bicyclic) bond motifs is 2. The van der Waals surface area contributed by atoms with Crippen LogP contribution in [0, 0.1) is 0 Å². The summed E-state index contributed by atoms with van der Waals surface area (Å²) in [6.07, 6.45) is 4.12. The molecule has 1 aliphatic heterocycles. The Morgan fingerprint density at radius 2 is 1.86 bits per heavy atom. The molecule has 2 aromatic carbocycles. The van der Waals surface area contributed by atoms with Crippen LogP contribution in [0.4, 0.5) is 5.69 Å². The monoisotopic (exact) mass is 390 g/mol. The molecule has 2 aliphatic rings. The molecule has 2 atom stereocenters. The fourth-order valence-electron chi connectivity index (χ4n) is 4.49. The average molecular weight is 391 g/mol. The van der Waals surface area contributed by atoms with E-state index in [2.05, 4.69) is 53.2 Å². The molecular formula is C24H30N4O. The first-order valence-electron chi connectivity index (χ1n) is 10.7. The van der Waals surface area contributed by atoms with Gasteiger partial charge in [0.15, 0.2) is 5.96 Å². The number of carbonyl (C=O) groups excluding carboxylic acids is 1. The number of para-hydroxylation sites is 1. The summed E-state index contributed by atoms with van der Waals surface area (Å²) < 4.78 is 0. The number of hydrogen-bond donors (Lipinski definition) is 3. The maximum atomic E-state index is 12.1. The second-order valence-electron chi connectivity index (χ2n) is 7.92. The second-order valence-corrected chi connectivity index (χ2v) is 7.92. The van der Waals surface area contributed by atoms with Crippen molar-refractivity contribution in [1.29, 1.82) is 0 Å². The van der Waals surface area contributed by atoms with Crippen LogP contribution in [0.25, 0.3) is 0 Å². The van der Waals surface area contributed by atoms with E-state index in [9.17, 15) is 4.79 Å². The van der Waals surface area contributed by atoms with Crippen LogP contribution in [0.5, 0.6) is 0 Å². The van der Waals surface area contributed by atoms with E-state index >= 15 is 0 Å². The standard InChI is InChI=1S/C24H30N4O/c1-2-25-24(26-15-18-10-7-9-17-8-3-4-11-20(17)18)27-16-19-14-23(29)28-22-13-6-5-12-21(19)22/h3-6,8,11-13,18-19H,2,7,9-10,14-16H2,1H3,(H,28,29)(H2,25,26,27). The summed E-state index contributed by atoms with van der Waals surface area (Å²) in [6, 6.07) is 16.8. The van der Waals surface area contributed by atoms with Gasteiger partial charge in [-0.2, -0.15) is 0 Å². The maximum absolute atomic E-state index is 12.1. The fraction of sp³-hybridized carbons (Fsp3) is 0.417. The van der Waals surface area contributed by atoms with Gasteiger partial charge >= 0.3 is 0 Å².